The average Bonchev–Trinajstić information content (AvgIpc) is 2.17. The molecule has 0 amide bonds. The first-order valence-corrected chi connectivity index (χ1v) is 4.45. The van der Waals surface area contributed by atoms with Crippen LogP contribution in [0.5, 0.6) is 0 Å². The predicted octanol–water partition coefficient (Wildman–Crippen LogP) is 2.66. The van der Waals surface area contributed by atoms with Crippen LogP contribution < -0.4 is 0 Å². The fourth-order valence-corrected chi connectivity index (χ4v) is 1.65. The van der Waals surface area contributed by atoms with Gasteiger partial charge in [-0.05, 0) is 49.9 Å². The molecule has 0 aliphatic carbocycles. The third kappa shape index (κ3) is 1.26. The third-order valence-electron chi connectivity index (χ3n) is 2.85. The predicted molar refractivity (Wildman–Crippen MR) is 54.8 cm³/mol. The SMILES string of the molecule is Cc1c(C)c(C#N)c(C)c(C)c1C#N. The Hall–Kier alpha value is -1.80. The molecule has 1 aromatic rings. The Bertz CT molecular complexity index is 397. The quantitative estimate of drug-likeness (QED) is 0.622. The highest BCUT2D eigenvalue weighted by molar-refractivity contribution is 5.58. The van der Waals surface area contributed by atoms with Crippen LogP contribution in [-0.4, -0.2) is 0 Å². The van der Waals surface area contributed by atoms with Gasteiger partial charge in [0.15, 0.2) is 0 Å². The van der Waals surface area contributed by atoms with E-state index in [9.17, 15) is 0 Å². The van der Waals surface area contributed by atoms with E-state index in [1.54, 1.807) is 0 Å². The number of nitriles is 2. The van der Waals surface area contributed by atoms with Crippen LogP contribution in [0.3, 0.4) is 0 Å². The molecule has 0 radical (unpaired) electrons. The number of nitrogens with zero attached hydrogens (tertiary/aromatic N) is 2. The second kappa shape index (κ2) is 3.52. The Morgan fingerprint density at radius 2 is 0.857 bits per heavy atom. The van der Waals surface area contributed by atoms with E-state index in [2.05, 4.69) is 12.1 Å². The van der Waals surface area contributed by atoms with Gasteiger partial charge in [-0.3, -0.25) is 0 Å². The summed E-state index contributed by atoms with van der Waals surface area (Å²) in [5, 5.41) is 18.0. The minimum atomic E-state index is 0.707. The molecule has 0 bridgehead atoms. The van der Waals surface area contributed by atoms with Crippen LogP contribution in [0.2, 0.25) is 0 Å². The van der Waals surface area contributed by atoms with Gasteiger partial charge in [0.2, 0.25) is 0 Å². The van der Waals surface area contributed by atoms with E-state index in [0.717, 1.165) is 22.3 Å². The zero-order valence-corrected chi connectivity index (χ0v) is 8.89. The van der Waals surface area contributed by atoms with Gasteiger partial charge in [0, 0.05) is 0 Å². The fraction of sp³-hybridized carbons (Fsp3) is 0.333. The Balaban J connectivity index is 3.77. The van der Waals surface area contributed by atoms with Crippen molar-refractivity contribution >= 4 is 0 Å². The first-order valence-electron chi connectivity index (χ1n) is 4.45. The summed E-state index contributed by atoms with van der Waals surface area (Å²) in [4.78, 5) is 0. The number of hydrogen-bond donors (Lipinski definition) is 0. The summed E-state index contributed by atoms with van der Waals surface area (Å²) in [6, 6.07) is 4.37. The van der Waals surface area contributed by atoms with E-state index in [-0.39, 0.29) is 0 Å². The van der Waals surface area contributed by atoms with E-state index >= 15 is 0 Å². The number of benzene rings is 1. The summed E-state index contributed by atoms with van der Waals surface area (Å²) < 4.78 is 0. The highest BCUT2D eigenvalue weighted by atomic mass is 14.3. The maximum absolute atomic E-state index is 8.98. The van der Waals surface area contributed by atoms with Crippen LogP contribution in [0.15, 0.2) is 0 Å². The Morgan fingerprint density at radius 3 is 1.00 bits per heavy atom. The van der Waals surface area contributed by atoms with E-state index in [1.807, 2.05) is 27.7 Å². The van der Waals surface area contributed by atoms with Crippen LogP contribution in [-0.2, 0) is 0 Å². The van der Waals surface area contributed by atoms with Crippen molar-refractivity contribution in [2.45, 2.75) is 27.7 Å². The molecule has 14 heavy (non-hydrogen) atoms. The summed E-state index contributed by atoms with van der Waals surface area (Å²) in [5.41, 5.74) is 5.11. The van der Waals surface area contributed by atoms with Crippen molar-refractivity contribution in [1.82, 2.24) is 0 Å². The third-order valence-corrected chi connectivity index (χ3v) is 2.85. The molecule has 0 aliphatic heterocycles. The van der Waals surface area contributed by atoms with Crippen LogP contribution in [0.1, 0.15) is 33.4 Å². The summed E-state index contributed by atoms with van der Waals surface area (Å²) in [6.45, 7) is 7.56. The van der Waals surface area contributed by atoms with Gasteiger partial charge in [0.1, 0.15) is 0 Å². The number of rotatable bonds is 0. The molecule has 0 saturated heterocycles. The zero-order valence-electron chi connectivity index (χ0n) is 8.89. The van der Waals surface area contributed by atoms with Crippen molar-refractivity contribution in [3.8, 4) is 12.1 Å². The van der Waals surface area contributed by atoms with Gasteiger partial charge < -0.3 is 0 Å². The van der Waals surface area contributed by atoms with E-state index in [0.29, 0.717) is 11.1 Å². The molecule has 0 fully saturated rings. The lowest BCUT2D eigenvalue weighted by molar-refractivity contribution is 1.19. The smallest absolute Gasteiger partial charge is 0.0997 e. The first-order chi connectivity index (χ1) is 6.54. The van der Waals surface area contributed by atoms with E-state index < -0.39 is 0 Å². The van der Waals surface area contributed by atoms with Crippen LogP contribution in [0.25, 0.3) is 0 Å². The summed E-state index contributed by atoms with van der Waals surface area (Å²) in [6.07, 6.45) is 0. The summed E-state index contributed by atoms with van der Waals surface area (Å²) in [7, 11) is 0. The molecule has 0 saturated carbocycles. The molecule has 0 aromatic heterocycles. The Morgan fingerprint density at radius 1 is 0.643 bits per heavy atom. The molecule has 70 valence electrons. The van der Waals surface area contributed by atoms with Crippen molar-refractivity contribution in [3.63, 3.8) is 0 Å². The van der Waals surface area contributed by atoms with Crippen molar-refractivity contribution in [2.75, 3.05) is 0 Å². The van der Waals surface area contributed by atoms with Gasteiger partial charge in [-0.1, -0.05) is 0 Å². The molecule has 0 heterocycles. The minimum absolute atomic E-state index is 0.707. The highest BCUT2D eigenvalue weighted by Crippen LogP contribution is 2.25. The standard InChI is InChI=1S/C12H12N2/c1-7-8(2)12(6-14)10(4)9(3)11(7)5-13/h1-4H3. The van der Waals surface area contributed by atoms with E-state index in [1.165, 1.54) is 0 Å². The topological polar surface area (TPSA) is 47.6 Å². The molecule has 2 heteroatoms. The average molecular weight is 184 g/mol. The van der Waals surface area contributed by atoms with Gasteiger partial charge >= 0.3 is 0 Å². The van der Waals surface area contributed by atoms with Crippen LogP contribution in [0.4, 0.5) is 0 Å². The molecule has 0 aliphatic rings. The molecule has 1 rings (SSSR count). The van der Waals surface area contributed by atoms with Gasteiger partial charge in [0.05, 0.1) is 23.3 Å². The zero-order chi connectivity index (χ0) is 10.9. The fourth-order valence-electron chi connectivity index (χ4n) is 1.65. The summed E-state index contributed by atoms with van der Waals surface area (Å²) in [5.74, 6) is 0. The largest absolute Gasteiger partial charge is 0.192 e. The minimum Gasteiger partial charge on any atom is -0.192 e. The van der Waals surface area contributed by atoms with Crippen molar-refractivity contribution in [1.29, 1.82) is 10.5 Å². The first kappa shape index (κ1) is 10.3. The molecule has 0 N–H and O–H groups in total. The lowest BCUT2D eigenvalue weighted by Gasteiger charge is -2.12. The van der Waals surface area contributed by atoms with Crippen molar-refractivity contribution < 1.29 is 0 Å². The normalized spacial score (nSPS) is 9.29. The second-order valence-electron chi connectivity index (χ2n) is 3.47. The second-order valence-corrected chi connectivity index (χ2v) is 3.47. The van der Waals surface area contributed by atoms with Gasteiger partial charge in [0.25, 0.3) is 0 Å². The lowest BCUT2D eigenvalue weighted by Crippen LogP contribution is -2.00. The van der Waals surface area contributed by atoms with E-state index in [4.69, 9.17) is 10.5 Å². The molecular formula is C12H12N2. The van der Waals surface area contributed by atoms with Gasteiger partial charge in [-0.25, -0.2) is 0 Å². The van der Waals surface area contributed by atoms with Crippen LogP contribution >= 0.6 is 0 Å². The lowest BCUT2D eigenvalue weighted by atomic mass is 9.90. The molecular weight excluding hydrogens is 172 g/mol. The van der Waals surface area contributed by atoms with Gasteiger partial charge in [-0.2, -0.15) is 10.5 Å². The summed E-state index contributed by atoms with van der Waals surface area (Å²) >= 11 is 0. The molecule has 2 nitrogen and oxygen atoms in total. The van der Waals surface area contributed by atoms with Crippen molar-refractivity contribution in [2.24, 2.45) is 0 Å². The number of hydrogen-bond acceptors (Lipinski definition) is 2. The monoisotopic (exact) mass is 184 g/mol. The maximum atomic E-state index is 8.98. The molecule has 0 spiro atoms. The maximum Gasteiger partial charge on any atom is 0.0997 e. The molecule has 0 atom stereocenters. The van der Waals surface area contributed by atoms with Crippen LogP contribution in [0, 0.1) is 50.4 Å². The van der Waals surface area contributed by atoms with Gasteiger partial charge in [-0.15, -0.1) is 0 Å². The molecule has 0 unspecified atom stereocenters. The molecule has 1 aromatic carbocycles. The Labute approximate surface area is 84.4 Å². The highest BCUT2D eigenvalue weighted by Gasteiger charge is 2.13. The Kier molecular flexibility index (Phi) is 2.58. The van der Waals surface area contributed by atoms with Crippen molar-refractivity contribution in [3.05, 3.63) is 33.4 Å².